The molecule has 2 unspecified atom stereocenters. The van der Waals surface area contributed by atoms with Crippen molar-refractivity contribution in [1.82, 2.24) is 5.32 Å². The molecule has 0 bridgehead atoms. The van der Waals surface area contributed by atoms with Crippen LogP contribution < -0.4 is 5.32 Å². The predicted octanol–water partition coefficient (Wildman–Crippen LogP) is 0.651. The van der Waals surface area contributed by atoms with Crippen molar-refractivity contribution >= 4 is 29.6 Å². The summed E-state index contributed by atoms with van der Waals surface area (Å²) in [5.74, 6) is -1.55. The van der Waals surface area contributed by atoms with E-state index in [-0.39, 0.29) is 29.3 Å². The van der Waals surface area contributed by atoms with Crippen LogP contribution in [0.2, 0.25) is 0 Å². The fourth-order valence-corrected chi connectivity index (χ4v) is 2.19. The quantitative estimate of drug-likeness (QED) is 0.633. The van der Waals surface area contributed by atoms with Crippen LogP contribution in [-0.4, -0.2) is 46.6 Å². The molecule has 7 heteroatoms. The van der Waals surface area contributed by atoms with Gasteiger partial charge in [-0.1, -0.05) is 6.92 Å². The summed E-state index contributed by atoms with van der Waals surface area (Å²) in [5.41, 5.74) is 0. The molecule has 0 aromatic rings. The number of aliphatic carboxylic acids is 1. The standard InChI is InChI=1S/C11H19NO5S/c1-4-17-10(14)5-7(2)18-6-9(11(15)16)12-8(3)13/h7,9H,4-6H2,1-3H3,(H,12,13)(H,15,16). The van der Waals surface area contributed by atoms with Gasteiger partial charge in [0.2, 0.25) is 5.91 Å². The number of hydrogen-bond donors (Lipinski definition) is 2. The fraction of sp³-hybridized carbons (Fsp3) is 0.727. The molecule has 0 heterocycles. The maximum Gasteiger partial charge on any atom is 0.327 e. The molecular weight excluding hydrogens is 258 g/mol. The van der Waals surface area contributed by atoms with Crippen molar-refractivity contribution in [3.8, 4) is 0 Å². The second kappa shape index (κ2) is 8.79. The number of rotatable bonds is 8. The first kappa shape index (κ1) is 16.8. The molecular formula is C11H19NO5S. The van der Waals surface area contributed by atoms with Gasteiger partial charge in [-0.3, -0.25) is 9.59 Å². The SMILES string of the molecule is CCOC(=O)CC(C)SCC(NC(C)=O)C(=O)O. The Labute approximate surface area is 110 Å². The Hall–Kier alpha value is -1.24. The molecule has 2 atom stereocenters. The zero-order chi connectivity index (χ0) is 14.1. The van der Waals surface area contributed by atoms with Crippen LogP contribution in [0.15, 0.2) is 0 Å². The molecule has 0 saturated heterocycles. The average Bonchev–Trinajstić information content (AvgIpc) is 2.23. The molecule has 1 amide bonds. The summed E-state index contributed by atoms with van der Waals surface area (Å²) >= 11 is 1.31. The van der Waals surface area contributed by atoms with Gasteiger partial charge in [-0.25, -0.2) is 4.79 Å². The molecule has 0 aliphatic heterocycles. The number of carboxylic acid groups (broad SMARTS) is 1. The van der Waals surface area contributed by atoms with Crippen LogP contribution in [0.3, 0.4) is 0 Å². The first-order valence-electron chi connectivity index (χ1n) is 5.64. The van der Waals surface area contributed by atoms with E-state index in [4.69, 9.17) is 9.84 Å². The van der Waals surface area contributed by atoms with Crippen LogP contribution in [0.1, 0.15) is 27.2 Å². The van der Waals surface area contributed by atoms with Gasteiger partial charge in [0.15, 0.2) is 0 Å². The number of nitrogens with one attached hydrogen (secondary N) is 1. The van der Waals surface area contributed by atoms with Crippen molar-refractivity contribution in [3.05, 3.63) is 0 Å². The maximum absolute atomic E-state index is 11.2. The predicted molar refractivity (Wildman–Crippen MR) is 68.4 cm³/mol. The molecule has 0 fully saturated rings. The summed E-state index contributed by atoms with van der Waals surface area (Å²) in [6.45, 7) is 5.14. The molecule has 0 spiro atoms. The van der Waals surface area contributed by atoms with Crippen molar-refractivity contribution in [2.75, 3.05) is 12.4 Å². The molecule has 0 aliphatic rings. The largest absolute Gasteiger partial charge is 0.480 e. The third-order valence-electron chi connectivity index (χ3n) is 1.98. The Balaban J connectivity index is 4.06. The number of hydrogen-bond acceptors (Lipinski definition) is 5. The molecule has 0 radical (unpaired) electrons. The van der Waals surface area contributed by atoms with Gasteiger partial charge < -0.3 is 15.2 Å². The van der Waals surface area contributed by atoms with E-state index < -0.39 is 12.0 Å². The second-order valence-electron chi connectivity index (χ2n) is 3.74. The lowest BCUT2D eigenvalue weighted by Crippen LogP contribution is -2.41. The number of carboxylic acids is 1. The van der Waals surface area contributed by atoms with Gasteiger partial charge in [-0.15, -0.1) is 0 Å². The lowest BCUT2D eigenvalue weighted by molar-refractivity contribution is -0.143. The maximum atomic E-state index is 11.2. The number of esters is 1. The number of carbonyl (C=O) groups excluding carboxylic acids is 2. The Morgan fingerprint density at radius 2 is 2.00 bits per heavy atom. The zero-order valence-electron chi connectivity index (χ0n) is 10.8. The van der Waals surface area contributed by atoms with Gasteiger partial charge in [-0.05, 0) is 6.92 Å². The van der Waals surface area contributed by atoms with Gasteiger partial charge in [0.05, 0.1) is 13.0 Å². The Morgan fingerprint density at radius 1 is 1.39 bits per heavy atom. The minimum absolute atomic E-state index is 0.0559. The van der Waals surface area contributed by atoms with E-state index in [0.29, 0.717) is 6.61 Å². The third-order valence-corrected chi connectivity index (χ3v) is 3.24. The monoisotopic (exact) mass is 277 g/mol. The summed E-state index contributed by atoms with van der Waals surface area (Å²) in [5, 5.41) is 11.2. The van der Waals surface area contributed by atoms with Crippen LogP contribution in [0.25, 0.3) is 0 Å². The third kappa shape index (κ3) is 7.94. The molecule has 18 heavy (non-hydrogen) atoms. The van der Waals surface area contributed by atoms with E-state index >= 15 is 0 Å². The summed E-state index contributed by atoms with van der Waals surface area (Å²) in [6, 6.07) is -0.933. The highest BCUT2D eigenvalue weighted by Crippen LogP contribution is 2.16. The van der Waals surface area contributed by atoms with Gasteiger partial charge in [0.1, 0.15) is 6.04 Å². The first-order chi connectivity index (χ1) is 8.36. The van der Waals surface area contributed by atoms with E-state index in [1.807, 2.05) is 6.92 Å². The zero-order valence-corrected chi connectivity index (χ0v) is 11.6. The highest BCUT2D eigenvalue weighted by molar-refractivity contribution is 7.99. The number of amides is 1. The minimum Gasteiger partial charge on any atom is -0.480 e. The highest BCUT2D eigenvalue weighted by atomic mass is 32.2. The smallest absolute Gasteiger partial charge is 0.327 e. The first-order valence-corrected chi connectivity index (χ1v) is 6.68. The summed E-state index contributed by atoms with van der Waals surface area (Å²) in [7, 11) is 0. The molecule has 104 valence electrons. The number of ether oxygens (including phenoxy) is 1. The second-order valence-corrected chi connectivity index (χ2v) is 5.22. The van der Waals surface area contributed by atoms with E-state index in [0.717, 1.165) is 0 Å². The van der Waals surface area contributed by atoms with Crippen LogP contribution >= 0.6 is 11.8 Å². The summed E-state index contributed by atoms with van der Waals surface area (Å²) in [4.78, 5) is 32.8. The van der Waals surface area contributed by atoms with Crippen molar-refractivity contribution in [3.63, 3.8) is 0 Å². The minimum atomic E-state index is -1.08. The van der Waals surface area contributed by atoms with Gasteiger partial charge >= 0.3 is 11.9 Å². The van der Waals surface area contributed by atoms with E-state index in [2.05, 4.69) is 5.32 Å². The fourth-order valence-electron chi connectivity index (χ4n) is 1.19. The lowest BCUT2D eigenvalue weighted by Gasteiger charge is -2.15. The Morgan fingerprint density at radius 3 is 2.44 bits per heavy atom. The van der Waals surface area contributed by atoms with Crippen molar-refractivity contribution in [2.24, 2.45) is 0 Å². The van der Waals surface area contributed by atoms with Crippen molar-refractivity contribution in [2.45, 2.75) is 38.5 Å². The number of carbonyl (C=O) groups is 3. The van der Waals surface area contributed by atoms with E-state index in [1.165, 1.54) is 18.7 Å². The van der Waals surface area contributed by atoms with Crippen molar-refractivity contribution in [1.29, 1.82) is 0 Å². The van der Waals surface area contributed by atoms with Crippen LogP contribution in [0, 0.1) is 0 Å². The van der Waals surface area contributed by atoms with Gasteiger partial charge in [0, 0.05) is 17.9 Å². The molecule has 0 rings (SSSR count). The van der Waals surface area contributed by atoms with Crippen LogP contribution in [-0.2, 0) is 19.1 Å². The molecule has 0 aromatic carbocycles. The van der Waals surface area contributed by atoms with Crippen LogP contribution in [0.4, 0.5) is 0 Å². The average molecular weight is 277 g/mol. The molecule has 6 nitrogen and oxygen atoms in total. The summed E-state index contributed by atoms with van der Waals surface area (Å²) < 4.78 is 4.79. The Bertz CT molecular complexity index is 308. The lowest BCUT2D eigenvalue weighted by atomic mass is 10.3. The highest BCUT2D eigenvalue weighted by Gasteiger charge is 2.20. The molecule has 0 aromatic heterocycles. The molecule has 0 saturated carbocycles. The van der Waals surface area contributed by atoms with E-state index in [9.17, 15) is 14.4 Å². The molecule has 0 aliphatic carbocycles. The normalized spacial score (nSPS) is 13.5. The van der Waals surface area contributed by atoms with Gasteiger partial charge in [-0.2, -0.15) is 11.8 Å². The topological polar surface area (TPSA) is 92.7 Å². The van der Waals surface area contributed by atoms with Crippen molar-refractivity contribution < 1.29 is 24.2 Å². The van der Waals surface area contributed by atoms with E-state index in [1.54, 1.807) is 6.92 Å². The Kier molecular flexibility index (Phi) is 8.19. The van der Waals surface area contributed by atoms with Crippen LogP contribution in [0.5, 0.6) is 0 Å². The number of thioether (sulfide) groups is 1. The molecule has 2 N–H and O–H groups in total. The van der Waals surface area contributed by atoms with Gasteiger partial charge in [0.25, 0.3) is 0 Å². The summed E-state index contributed by atoms with van der Waals surface area (Å²) in [6.07, 6.45) is 0.227.